The minimum Gasteiger partial charge on any atom is -0.490 e. The maximum atomic E-state index is 13.1. The molecule has 3 aliphatic rings. The number of amides is 1. The number of hydrogen-bond donors (Lipinski definition) is 1. The molecule has 5 rings (SSSR count). The highest BCUT2D eigenvalue weighted by atomic mass is 35.5. The summed E-state index contributed by atoms with van der Waals surface area (Å²) < 4.78 is 17.8. The molecule has 0 saturated carbocycles. The summed E-state index contributed by atoms with van der Waals surface area (Å²) in [6.45, 7) is 3.86. The van der Waals surface area contributed by atoms with Crippen molar-refractivity contribution in [3.63, 3.8) is 0 Å². The van der Waals surface area contributed by atoms with E-state index in [1.807, 2.05) is 38.1 Å². The third-order valence-corrected chi connectivity index (χ3v) is 7.27. The van der Waals surface area contributed by atoms with E-state index in [-0.39, 0.29) is 34.9 Å². The second-order valence-electron chi connectivity index (χ2n) is 9.73. The molecule has 8 heteroatoms. The Balaban J connectivity index is 1.47. The van der Waals surface area contributed by atoms with Gasteiger partial charge in [-0.3, -0.25) is 14.4 Å². The average Bonchev–Trinajstić information content (AvgIpc) is 2.89. The summed E-state index contributed by atoms with van der Waals surface area (Å²) in [4.78, 5) is 38.7. The first kappa shape index (κ1) is 26.0. The summed E-state index contributed by atoms with van der Waals surface area (Å²) in [6, 6.07) is 10.9. The molecular weight excluding hydrogens is 506 g/mol. The summed E-state index contributed by atoms with van der Waals surface area (Å²) in [7, 11) is 0. The summed E-state index contributed by atoms with van der Waals surface area (Å²) in [5.41, 5.74) is 3.50. The maximum Gasteiger partial charge on any atom is 0.262 e. The lowest BCUT2D eigenvalue weighted by Crippen LogP contribution is -2.30. The van der Waals surface area contributed by atoms with Gasteiger partial charge in [0.15, 0.2) is 29.7 Å². The van der Waals surface area contributed by atoms with Crippen molar-refractivity contribution in [1.29, 1.82) is 0 Å². The van der Waals surface area contributed by atoms with E-state index >= 15 is 0 Å². The molecule has 7 nitrogen and oxygen atoms in total. The van der Waals surface area contributed by atoms with E-state index in [9.17, 15) is 14.4 Å². The number of hydrogen-bond acceptors (Lipinski definition) is 6. The van der Waals surface area contributed by atoms with Crippen molar-refractivity contribution in [2.45, 2.75) is 58.3 Å². The lowest BCUT2D eigenvalue weighted by Gasteiger charge is -2.36. The first-order chi connectivity index (χ1) is 18.4. The number of ether oxygens (including phenoxy) is 3. The Morgan fingerprint density at radius 2 is 1.61 bits per heavy atom. The van der Waals surface area contributed by atoms with E-state index in [0.717, 1.165) is 18.4 Å². The monoisotopic (exact) mass is 535 g/mol. The van der Waals surface area contributed by atoms with Gasteiger partial charge in [0, 0.05) is 48.4 Å². The molecule has 0 unspecified atom stereocenters. The first-order valence-electron chi connectivity index (χ1n) is 13.0. The zero-order chi connectivity index (χ0) is 26.8. The van der Waals surface area contributed by atoms with Gasteiger partial charge in [-0.2, -0.15) is 0 Å². The standard InChI is InChI=1S/C30H30ClNO6/c1-3-36-25-15-18(14-20(31)30(25)37-16-26(35)32-19-12-10-17(2)11-13-19)27-28-21(33)6-4-8-23(28)38-24-9-5-7-22(34)29(24)27/h10-15,27H,3-9,16H2,1-2H3,(H,32,35). The molecule has 2 aromatic carbocycles. The molecule has 38 heavy (non-hydrogen) atoms. The molecule has 0 radical (unpaired) electrons. The number of halogens is 1. The smallest absolute Gasteiger partial charge is 0.262 e. The number of ketones is 2. The number of carbonyl (C=O) groups excluding carboxylic acids is 3. The third-order valence-electron chi connectivity index (χ3n) is 6.99. The van der Waals surface area contributed by atoms with E-state index in [1.165, 1.54) is 0 Å². The van der Waals surface area contributed by atoms with E-state index in [1.54, 1.807) is 12.1 Å². The largest absolute Gasteiger partial charge is 0.490 e. The van der Waals surface area contributed by atoms with Crippen molar-refractivity contribution in [2.24, 2.45) is 0 Å². The van der Waals surface area contributed by atoms with Crippen LogP contribution in [0, 0.1) is 6.92 Å². The van der Waals surface area contributed by atoms with E-state index in [4.69, 9.17) is 25.8 Å². The van der Waals surface area contributed by atoms with Gasteiger partial charge in [-0.25, -0.2) is 0 Å². The number of benzene rings is 2. The van der Waals surface area contributed by atoms with Gasteiger partial charge in [-0.05, 0) is 56.5 Å². The fourth-order valence-electron chi connectivity index (χ4n) is 5.28. The topological polar surface area (TPSA) is 90.9 Å². The van der Waals surface area contributed by atoms with Gasteiger partial charge in [-0.15, -0.1) is 0 Å². The Morgan fingerprint density at radius 3 is 2.21 bits per heavy atom. The van der Waals surface area contributed by atoms with Crippen LogP contribution >= 0.6 is 11.6 Å². The van der Waals surface area contributed by atoms with Crippen LogP contribution in [-0.2, 0) is 19.1 Å². The van der Waals surface area contributed by atoms with Crippen molar-refractivity contribution in [3.05, 3.63) is 75.2 Å². The predicted molar refractivity (Wildman–Crippen MR) is 144 cm³/mol. The second kappa shape index (κ2) is 11.0. The molecule has 1 heterocycles. The summed E-state index contributed by atoms with van der Waals surface area (Å²) >= 11 is 6.70. The maximum absolute atomic E-state index is 13.1. The third kappa shape index (κ3) is 5.20. The van der Waals surface area contributed by atoms with Gasteiger partial charge in [0.1, 0.15) is 11.5 Å². The molecule has 1 amide bonds. The van der Waals surface area contributed by atoms with Crippen LogP contribution in [0.1, 0.15) is 62.5 Å². The quantitative estimate of drug-likeness (QED) is 0.454. The van der Waals surface area contributed by atoms with Crippen LogP contribution in [0.2, 0.25) is 5.02 Å². The van der Waals surface area contributed by atoms with Crippen molar-refractivity contribution >= 4 is 34.8 Å². The normalized spacial score (nSPS) is 17.6. The molecular formula is C30H30ClNO6. The molecule has 1 aliphatic heterocycles. The van der Waals surface area contributed by atoms with E-state index in [2.05, 4.69) is 5.32 Å². The molecule has 0 aromatic heterocycles. The Kier molecular flexibility index (Phi) is 7.56. The lowest BCUT2D eigenvalue weighted by molar-refractivity contribution is -0.119. The Hall–Kier alpha value is -3.58. The van der Waals surface area contributed by atoms with Gasteiger partial charge >= 0.3 is 0 Å². The summed E-state index contributed by atoms with van der Waals surface area (Å²) in [5.74, 6) is 0.962. The zero-order valence-electron chi connectivity index (χ0n) is 21.5. The number of aryl methyl sites for hydroxylation is 1. The van der Waals surface area contributed by atoms with Crippen LogP contribution in [0.5, 0.6) is 11.5 Å². The number of Topliss-reactive ketones (excluding diaryl/α,β-unsaturated/α-hetero) is 2. The highest BCUT2D eigenvalue weighted by molar-refractivity contribution is 6.32. The van der Waals surface area contributed by atoms with Crippen LogP contribution in [-0.4, -0.2) is 30.7 Å². The molecule has 0 fully saturated rings. The van der Waals surface area contributed by atoms with Gasteiger partial charge in [0.2, 0.25) is 0 Å². The predicted octanol–water partition coefficient (Wildman–Crippen LogP) is 6.19. The van der Waals surface area contributed by atoms with Crippen molar-refractivity contribution in [3.8, 4) is 11.5 Å². The highest BCUT2D eigenvalue weighted by Crippen LogP contribution is 2.50. The Labute approximate surface area is 226 Å². The summed E-state index contributed by atoms with van der Waals surface area (Å²) in [5, 5.41) is 3.03. The molecule has 198 valence electrons. The zero-order valence-corrected chi connectivity index (χ0v) is 22.3. The molecule has 2 aliphatic carbocycles. The SMILES string of the molecule is CCOc1cc(C2C3=C(CCCC3=O)OC3=C2C(=O)CCC3)cc(Cl)c1OCC(=O)Nc1ccc(C)cc1. The molecule has 0 spiro atoms. The molecule has 0 saturated heterocycles. The molecule has 0 atom stereocenters. The minimum absolute atomic E-state index is 0.0108. The van der Waals surface area contributed by atoms with Crippen molar-refractivity contribution < 1.29 is 28.6 Å². The van der Waals surface area contributed by atoms with Crippen LogP contribution < -0.4 is 14.8 Å². The van der Waals surface area contributed by atoms with Gasteiger partial charge in [-0.1, -0.05) is 29.3 Å². The van der Waals surface area contributed by atoms with Crippen LogP contribution in [0.3, 0.4) is 0 Å². The van der Waals surface area contributed by atoms with E-state index < -0.39 is 5.92 Å². The molecule has 1 N–H and O–H groups in total. The summed E-state index contributed by atoms with van der Waals surface area (Å²) in [6.07, 6.45) is 3.60. The number of anilines is 1. The van der Waals surface area contributed by atoms with E-state index in [0.29, 0.717) is 72.0 Å². The molecule has 0 bridgehead atoms. The van der Waals surface area contributed by atoms with Crippen LogP contribution in [0.4, 0.5) is 5.69 Å². The van der Waals surface area contributed by atoms with Gasteiger partial charge in [0.25, 0.3) is 5.91 Å². The number of allylic oxidation sites excluding steroid dienone is 4. The fourth-order valence-corrected chi connectivity index (χ4v) is 5.55. The fraction of sp³-hybridized carbons (Fsp3) is 0.367. The van der Waals surface area contributed by atoms with Crippen LogP contribution in [0.15, 0.2) is 59.1 Å². The Morgan fingerprint density at radius 1 is 0.974 bits per heavy atom. The number of carbonyl (C=O) groups is 3. The number of rotatable bonds is 7. The highest BCUT2D eigenvalue weighted by Gasteiger charge is 2.42. The Bertz CT molecular complexity index is 1320. The van der Waals surface area contributed by atoms with Gasteiger partial charge < -0.3 is 19.5 Å². The van der Waals surface area contributed by atoms with Crippen molar-refractivity contribution in [2.75, 3.05) is 18.5 Å². The second-order valence-corrected chi connectivity index (χ2v) is 10.1. The van der Waals surface area contributed by atoms with Gasteiger partial charge in [0.05, 0.1) is 11.6 Å². The number of nitrogens with one attached hydrogen (secondary N) is 1. The first-order valence-corrected chi connectivity index (χ1v) is 13.4. The molecule has 2 aromatic rings. The average molecular weight is 536 g/mol. The van der Waals surface area contributed by atoms with Crippen LogP contribution in [0.25, 0.3) is 0 Å². The lowest BCUT2D eigenvalue weighted by atomic mass is 9.73. The minimum atomic E-state index is -0.565. The van der Waals surface area contributed by atoms with Crippen molar-refractivity contribution in [1.82, 2.24) is 0 Å².